The zero-order chi connectivity index (χ0) is 21.6. The van der Waals surface area contributed by atoms with Gasteiger partial charge in [-0.2, -0.15) is 0 Å². The van der Waals surface area contributed by atoms with Gasteiger partial charge < -0.3 is 9.80 Å². The SMILES string of the molecule is O=C(c1ccccc1)c1ccccc1C(=O)N1CCC(C(=O)N2CCCCCC2)CC1. The highest BCUT2D eigenvalue weighted by atomic mass is 16.2. The summed E-state index contributed by atoms with van der Waals surface area (Å²) < 4.78 is 0. The van der Waals surface area contributed by atoms with E-state index in [1.54, 1.807) is 41.3 Å². The van der Waals surface area contributed by atoms with Crippen molar-refractivity contribution >= 4 is 17.6 Å². The van der Waals surface area contributed by atoms with E-state index in [0.717, 1.165) is 25.9 Å². The number of benzene rings is 2. The molecule has 5 nitrogen and oxygen atoms in total. The first-order valence-electron chi connectivity index (χ1n) is 11.4. The van der Waals surface area contributed by atoms with Crippen molar-refractivity contribution in [3.05, 3.63) is 71.3 Å². The second-order valence-corrected chi connectivity index (χ2v) is 8.55. The number of hydrogen-bond donors (Lipinski definition) is 0. The molecule has 5 heteroatoms. The Bertz CT molecular complexity index is 925. The van der Waals surface area contributed by atoms with Crippen LogP contribution in [0.15, 0.2) is 54.6 Å². The maximum absolute atomic E-state index is 13.3. The molecule has 0 aromatic heterocycles. The van der Waals surface area contributed by atoms with Crippen molar-refractivity contribution in [1.82, 2.24) is 9.80 Å². The Labute approximate surface area is 184 Å². The molecule has 2 heterocycles. The second kappa shape index (κ2) is 9.90. The van der Waals surface area contributed by atoms with Crippen LogP contribution in [0, 0.1) is 5.92 Å². The molecule has 162 valence electrons. The van der Waals surface area contributed by atoms with Crippen molar-refractivity contribution in [2.75, 3.05) is 26.2 Å². The van der Waals surface area contributed by atoms with E-state index in [4.69, 9.17) is 0 Å². The summed E-state index contributed by atoms with van der Waals surface area (Å²) in [5, 5.41) is 0. The largest absolute Gasteiger partial charge is 0.342 e. The summed E-state index contributed by atoms with van der Waals surface area (Å²) in [7, 11) is 0. The molecule has 2 aromatic rings. The van der Waals surface area contributed by atoms with Crippen molar-refractivity contribution in [2.24, 2.45) is 5.92 Å². The highest BCUT2D eigenvalue weighted by Gasteiger charge is 2.31. The highest BCUT2D eigenvalue weighted by molar-refractivity contribution is 6.15. The number of hydrogen-bond acceptors (Lipinski definition) is 3. The minimum absolute atomic E-state index is 0.00310. The Morgan fingerprint density at radius 2 is 1.23 bits per heavy atom. The molecule has 2 aromatic carbocycles. The third-order valence-corrected chi connectivity index (χ3v) is 6.49. The van der Waals surface area contributed by atoms with Gasteiger partial charge in [0.2, 0.25) is 5.91 Å². The summed E-state index contributed by atoms with van der Waals surface area (Å²) in [4.78, 5) is 43.0. The monoisotopic (exact) mass is 418 g/mol. The first-order valence-corrected chi connectivity index (χ1v) is 11.4. The summed E-state index contributed by atoms with van der Waals surface area (Å²) >= 11 is 0. The first kappa shape index (κ1) is 21.3. The van der Waals surface area contributed by atoms with Gasteiger partial charge in [-0.25, -0.2) is 0 Å². The van der Waals surface area contributed by atoms with Gasteiger partial charge in [-0.3, -0.25) is 14.4 Å². The van der Waals surface area contributed by atoms with E-state index < -0.39 is 0 Å². The van der Waals surface area contributed by atoms with Crippen molar-refractivity contribution in [2.45, 2.75) is 38.5 Å². The van der Waals surface area contributed by atoms with Gasteiger partial charge in [0.05, 0.1) is 5.56 Å². The third-order valence-electron chi connectivity index (χ3n) is 6.49. The molecule has 2 saturated heterocycles. The normalized spacial score (nSPS) is 17.8. The van der Waals surface area contributed by atoms with E-state index in [9.17, 15) is 14.4 Å². The number of likely N-dealkylation sites (tertiary alicyclic amines) is 2. The molecule has 0 atom stereocenters. The molecule has 2 aliphatic rings. The van der Waals surface area contributed by atoms with Crippen LogP contribution in [0.5, 0.6) is 0 Å². The molecule has 0 N–H and O–H groups in total. The van der Waals surface area contributed by atoms with E-state index in [2.05, 4.69) is 0 Å². The van der Waals surface area contributed by atoms with E-state index in [0.29, 0.717) is 42.6 Å². The molecule has 0 radical (unpaired) electrons. The first-order chi connectivity index (χ1) is 15.1. The number of nitrogens with zero attached hydrogens (tertiary/aromatic N) is 2. The molecule has 0 unspecified atom stereocenters. The molecule has 0 spiro atoms. The average molecular weight is 419 g/mol. The number of carbonyl (C=O) groups excluding carboxylic acids is 3. The maximum atomic E-state index is 13.3. The van der Waals surface area contributed by atoms with Gasteiger partial charge in [-0.05, 0) is 31.7 Å². The van der Waals surface area contributed by atoms with Crippen molar-refractivity contribution in [3.8, 4) is 0 Å². The van der Waals surface area contributed by atoms with E-state index in [-0.39, 0.29) is 23.5 Å². The predicted octanol–water partition coefficient (Wildman–Crippen LogP) is 4.17. The van der Waals surface area contributed by atoms with Crippen LogP contribution in [0.3, 0.4) is 0 Å². The van der Waals surface area contributed by atoms with Gasteiger partial charge in [0.1, 0.15) is 0 Å². The number of piperidine rings is 1. The van der Waals surface area contributed by atoms with E-state index in [1.165, 1.54) is 12.8 Å². The number of ketones is 1. The topological polar surface area (TPSA) is 57.7 Å². The molecule has 2 aliphatic heterocycles. The van der Waals surface area contributed by atoms with Crippen LogP contribution in [-0.2, 0) is 4.79 Å². The lowest BCUT2D eigenvalue weighted by Gasteiger charge is -2.34. The van der Waals surface area contributed by atoms with Crippen molar-refractivity contribution < 1.29 is 14.4 Å². The van der Waals surface area contributed by atoms with Gasteiger partial charge in [0, 0.05) is 43.2 Å². The summed E-state index contributed by atoms with van der Waals surface area (Å²) in [5.41, 5.74) is 1.44. The van der Waals surface area contributed by atoms with Crippen molar-refractivity contribution in [3.63, 3.8) is 0 Å². The van der Waals surface area contributed by atoms with Gasteiger partial charge in [-0.15, -0.1) is 0 Å². The van der Waals surface area contributed by atoms with Crippen LogP contribution >= 0.6 is 0 Å². The van der Waals surface area contributed by atoms with Crippen LogP contribution in [-0.4, -0.2) is 53.6 Å². The molecule has 0 aliphatic carbocycles. The summed E-state index contributed by atoms with van der Waals surface area (Å²) in [6.07, 6.45) is 5.98. The Hall–Kier alpha value is -2.95. The van der Waals surface area contributed by atoms with Crippen LogP contribution in [0.25, 0.3) is 0 Å². The number of carbonyl (C=O) groups is 3. The molecular weight excluding hydrogens is 388 g/mol. The summed E-state index contributed by atoms with van der Waals surface area (Å²) in [5.74, 6) is -0.00618. The van der Waals surface area contributed by atoms with Crippen LogP contribution in [0.1, 0.15) is 64.8 Å². The zero-order valence-electron chi connectivity index (χ0n) is 18.0. The smallest absolute Gasteiger partial charge is 0.254 e. The lowest BCUT2D eigenvalue weighted by Crippen LogP contribution is -2.45. The van der Waals surface area contributed by atoms with Crippen LogP contribution in [0.4, 0.5) is 0 Å². The third kappa shape index (κ3) is 4.87. The fourth-order valence-corrected chi connectivity index (χ4v) is 4.66. The summed E-state index contributed by atoms with van der Waals surface area (Å²) in [6, 6.07) is 16.1. The van der Waals surface area contributed by atoms with Gasteiger partial charge >= 0.3 is 0 Å². The minimum atomic E-state index is -0.143. The fraction of sp³-hybridized carbons (Fsp3) is 0.423. The maximum Gasteiger partial charge on any atom is 0.254 e. The second-order valence-electron chi connectivity index (χ2n) is 8.55. The number of amides is 2. The van der Waals surface area contributed by atoms with E-state index >= 15 is 0 Å². The van der Waals surface area contributed by atoms with Crippen LogP contribution < -0.4 is 0 Å². The van der Waals surface area contributed by atoms with E-state index in [1.807, 2.05) is 23.1 Å². The Morgan fingerprint density at radius 1 is 0.645 bits per heavy atom. The minimum Gasteiger partial charge on any atom is -0.342 e. The zero-order valence-corrected chi connectivity index (χ0v) is 18.0. The summed E-state index contributed by atoms with van der Waals surface area (Å²) in [6.45, 7) is 2.84. The molecule has 2 amide bonds. The standard InChI is InChI=1S/C26H30N2O3/c29-24(20-10-4-3-5-11-20)22-12-6-7-13-23(22)26(31)28-18-14-21(15-19-28)25(30)27-16-8-1-2-9-17-27/h3-7,10-13,21H,1-2,8-9,14-19H2. The molecule has 2 fully saturated rings. The molecule has 0 bridgehead atoms. The lowest BCUT2D eigenvalue weighted by molar-refractivity contribution is -0.136. The number of rotatable bonds is 4. The average Bonchev–Trinajstić information content (AvgIpc) is 3.13. The van der Waals surface area contributed by atoms with Gasteiger partial charge in [0.25, 0.3) is 5.91 Å². The molecule has 31 heavy (non-hydrogen) atoms. The molecule has 0 saturated carbocycles. The quantitative estimate of drug-likeness (QED) is 0.700. The molecule has 4 rings (SSSR count). The van der Waals surface area contributed by atoms with Gasteiger partial charge in [0.15, 0.2) is 5.78 Å². The Kier molecular flexibility index (Phi) is 6.80. The molecular formula is C26H30N2O3. The van der Waals surface area contributed by atoms with Crippen molar-refractivity contribution in [1.29, 1.82) is 0 Å². The predicted molar refractivity (Wildman–Crippen MR) is 120 cm³/mol. The highest BCUT2D eigenvalue weighted by Crippen LogP contribution is 2.24. The lowest BCUT2D eigenvalue weighted by atomic mass is 9.93. The Balaban J connectivity index is 1.42. The van der Waals surface area contributed by atoms with Crippen LogP contribution in [0.2, 0.25) is 0 Å². The Morgan fingerprint density at radius 3 is 1.87 bits per heavy atom. The van der Waals surface area contributed by atoms with Gasteiger partial charge in [-0.1, -0.05) is 61.4 Å². The fourth-order valence-electron chi connectivity index (χ4n) is 4.66.